The number of hydrogen-bond donors (Lipinski definition) is 0. The molecule has 0 bridgehead atoms. The summed E-state index contributed by atoms with van der Waals surface area (Å²) in [5, 5.41) is 0.666. The Bertz CT molecular complexity index is 1040. The molecule has 0 spiro atoms. The maximum absolute atomic E-state index is 13.3. The van der Waals surface area contributed by atoms with Gasteiger partial charge in [0.15, 0.2) is 0 Å². The van der Waals surface area contributed by atoms with Crippen molar-refractivity contribution in [2.24, 2.45) is 0 Å². The Morgan fingerprint density at radius 1 is 1.13 bits per heavy atom. The zero-order chi connectivity index (χ0) is 21.1. The highest BCUT2D eigenvalue weighted by atomic mass is 79.9. The molecular weight excluding hydrogens is 466 g/mol. The van der Waals surface area contributed by atoms with Gasteiger partial charge in [-0.15, -0.1) is 0 Å². The first-order valence-electron chi connectivity index (χ1n) is 9.68. The van der Waals surface area contributed by atoms with E-state index in [-0.39, 0.29) is 18.7 Å². The minimum Gasteiger partial charge on any atom is -0.495 e. The van der Waals surface area contributed by atoms with Gasteiger partial charge in [0, 0.05) is 11.1 Å². The van der Waals surface area contributed by atoms with Gasteiger partial charge in [0.1, 0.15) is 12.4 Å². The van der Waals surface area contributed by atoms with Crippen molar-refractivity contribution >= 4 is 39.3 Å². The van der Waals surface area contributed by atoms with Gasteiger partial charge >= 0.3 is 6.09 Å². The number of carbonyl (C=O) groups is 1. The molecule has 6 heteroatoms. The van der Waals surface area contributed by atoms with Crippen LogP contribution >= 0.6 is 27.5 Å². The highest BCUT2D eigenvalue weighted by Gasteiger charge is 2.34. The second kappa shape index (κ2) is 9.11. The lowest BCUT2D eigenvalue weighted by molar-refractivity contribution is 0.143. The first-order valence-corrected chi connectivity index (χ1v) is 10.9. The van der Waals surface area contributed by atoms with Crippen molar-refractivity contribution in [2.45, 2.75) is 25.5 Å². The Balaban J connectivity index is 1.70. The van der Waals surface area contributed by atoms with E-state index < -0.39 is 0 Å². The van der Waals surface area contributed by atoms with Crippen molar-refractivity contribution in [3.63, 3.8) is 0 Å². The second-order valence-electron chi connectivity index (χ2n) is 7.13. The summed E-state index contributed by atoms with van der Waals surface area (Å²) >= 11 is 9.63. The van der Waals surface area contributed by atoms with Gasteiger partial charge < -0.3 is 9.47 Å². The van der Waals surface area contributed by atoms with Crippen LogP contribution in [-0.4, -0.2) is 13.2 Å². The van der Waals surface area contributed by atoms with Crippen LogP contribution in [0.3, 0.4) is 0 Å². The lowest BCUT2D eigenvalue weighted by Crippen LogP contribution is -2.38. The van der Waals surface area contributed by atoms with Crippen molar-refractivity contribution in [3.05, 3.63) is 92.9 Å². The summed E-state index contributed by atoms with van der Waals surface area (Å²) in [5.74, 6) is 0.673. The smallest absolute Gasteiger partial charge is 0.415 e. The summed E-state index contributed by atoms with van der Waals surface area (Å²) in [6.45, 7) is 0.215. The molecule has 4 nitrogen and oxygen atoms in total. The zero-order valence-corrected chi connectivity index (χ0v) is 18.8. The molecule has 0 saturated carbocycles. The molecule has 4 rings (SSSR count). The van der Waals surface area contributed by atoms with E-state index in [9.17, 15) is 4.79 Å². The van der Waals surface area contributed by atoms with Gasteiger partial charge in [-0.3, -0.25) is 4.90 Å². The summed E-state index contributed by atoms with van der Waals surface area (Å²) in [5.41, 5.74) is 3.84. The van der Waals surface area contributed by atoms with E-state index in [1.807, 2.05) is 66.7 Å². The van der Waals surface area contributed by atoms with E-state index in [2.05, 4.69) is 15.9 Å². The number of methoxy groups -OCH3 is 1. The van der Waals surface area contributed by atoms with Crippen LogP contribution in [0, 0.1) is 0 Å². The molecule has 1 aliphatic rings. The Labute approximate surface area is 189 Å². The molecule has 30 heavy (non-hydrogen) atoms. The number of aryl methyl sites for hydroxylation is 1. The standard InChI is InChI=1S/C24H21BrClNO3/c1-29-23-14-22-18(13-20(23)25)9-12-21(17-7-10-19(26)11-8-17)27(22)24(28)30-15-16-5-3-2-4-6-16/h2-8,10-11,13-14,21H,9,12,15H2,1H3. The predicted molar refractivity (Wildman–Crippen MR) is 122 cm³/mol. The fraction of sp³-hybridized carbons (Fsp3) is 0.208. The molecule has 0 radical (unpaired) electrons. The van der Waals surface area contributed by atoms with Crippen molar-refractivity contribution in [3.8, 4) is 5.75 Å². The van der Waals surface area contributed by atoms with E-state index in [1.165, 1.54) is 0 Å². The number of halogens is 2. The Morgan fingerprint density at radius 3 is 2.57 bits per heavy atom. The normalized spacial score (nSPS) is 15.4. The van der Waals surface area contributed by atoms with Crippen LogP contribution in [0.25, 0.3) is 0 Å². The SMILES string of the molecule is COc1cc2c(cc1Br)CCC(c1ccc(Cl)cc1)N2C(=O)OCc1ccccc1. The summed E-state index contributed by atoms with van der Waals surface area (Å²) in [6, 6.07) is 21.1. The van der Waals surface area contributed by atoms with Gasteiger partial charge in [0.05, 0.1) is 23.3 Å². The van der Waals surface area contributed by atoms with Crippen molar-refractivity contribution in [1.82, 2.24) is 0 Å². The Morgan fingerprint density at radius 2 is 1.87 bits per heavy atom. The highest BCUT2D eigenvalue weighted by molar-refractivity contribution is 9.10. The second-order valence-corrected chi connectivity index (χ2v) is 8.42. The van der Waals surface area contributed by atoms with Crippen LogP contribution in [0.15, 0.2) is 71.2 Å². The largest absolute Gasteiger partial charge is 0.495 e. The van der Waals surface area contributed by atoms with Crippen LogP contribution in [0.5, 0.6) is 5.75 Å². The summed E-state index contributed by atoms with van der Waals surface area (Å²) in [4.78, 5) is 15.0. The number of fused-ring (bicyclic) bond motifs is 1. The lowest BCUT2D eigenvalue weighted by atomic mass is 9.91. The minimum absolute atomic E-state index is 0.149. The van der Waals surface area contributed by atoms with Crippen LogP contribution in [0.1, 0.15) is 29.2 Å². The first-order chi connectivity index (χ1) is 14.6. The first kappa shape index (κ1) is 20.8. The van der Waals surface area contributed by atoms with Crippen LogP contribution < -0.4 is 9.64 Å². The molecule has 3 aromatic carbocycles. The number of anilines is 1. The third-order valence-electron chi connectivity index (χ3n) is 5.27. The van der Waals surface area contributed by atoms with E-state index in [4.69, 9.17) is 21.1 Å². The molecule has 0 N–H and O–H groups in total. The third kappa shape index (κ3) is 4.32. The molecule has 0 aliphatic carbocycles. The number of nitrogens with zero attached hydrogens (tertiary/aromatic N) is 1. The van der Waals surface area contributed by atoms with Crippen LogP contribution in [0.2, 0.25) is 5.02 Å². The van der Waals surface area contributed by atoms with Gasteiger partial charge in [-0.05, 0) is 63.7 Å². The molecule has 1 aliphatic heterocycles. The van der Waals surface area contributed by atoms with E-state index in [0.717, 1.165) is 39.7 Å². The average Bonchev–Trinajstić information content (AvgIpc) is 2.77. The molecule has 1 atom stereocenters. The quantitative estimate of drug-likeness (QED) is 0.401. The summed E-state index contributed by atoms with van der Waals surface area (Å²) in [7, 11) is 1.62. The third-order valence-corrected chi connectivity index (χ3v) is 6.14. The average molecular weight is 487 g/mol. The number of rotatable bonds is 4. The van der Waals surface area contributed by atoms with E-state index >= 15 is 0 Å². The summed E-state index contributed by atoms with van der Waals surface area (Å²) in [6.07, 6.45) is 1.24. The number of benzene rings is 3. The Kier molecular flexibility index (Phi) is 6.30. The Hall–Kier alpha value is -2.50. The van der Waals surface area contributed by atoms with Gasteiger partial charge in [-0.25, -0.2) is 4.79 Å². The topological polar surface area (TPSA) is 38.8 Å². The van der Waals surface area contributed by atoms with Gasteiger partial charge in [-0.1, -0.05) is 54.1 Å². The molecule has 1 heterocycles. The molecule has 1 unspecified atom stereocenters. The number of carbonyl (C=O) groups excluding carboxylic acids is 1. The predicted octanol–water partition coefficient (Wildman–Crippen LogP) is 6.94. The van der Waals surface area contributed by atoms with Crippen molar-refractivity contribution in [2.75, 3.05) is 12.0 Å². The molecule has 0 saturated heterocycles. The molecular formula is C24H21BrClNO3. The van der Waals surface area contributed by atoms with Crippen molar-refractivity contribution in [1.29, 1.82) is 0 Å². The molecule has 0 fully saturated rings. The fourth-order valence-corrected chi connectivity index (χ4v) is 4.45. The maximum Gasteiger partial charge on any atom is 0.415 e. The number of hydrogen-bond acceptors (Lipinski definition) is 3. The fourth-order valence-electron chi connectivity index (χ4n) is 3.77. The van der Waals surface area contributed by atoms with Crippen LogP contribution in [-0.2, 0) is 17.8 Å². The molecule has 0 aromatic heterocycles. The van der Waals surface area contributed by atoms with Gasteiger partial charge in [0.2, 0.25) is 0 Å². The summed E-state index contributed by atoms with van der Waals surface area (Å²) < 4.78 is 12.1. The minimum atomic E-state index is -0.385. The number of amides is 1. The monoisotopic (exact) mass is 485 g/mol. The van der Waals surface area contributed by atoms with Gasteiger partial charge in [-0.2, -0.15) is 0 Å². The highest BCUT2D eigenvalue weighted by Crippen LogP contribution is 2.43. The molecule has 1 amide bonds. The molecule has 154 valence electrons. The van der Waals surface area contributed by atoms with E-state index in [1.54, 1.807) is 12.0 Å². The van der Waals surface area contributed by atoms with Crippen molar-refractivity contribution < 1.29 is 14.3 Å². The maximum atomic E-state index is 13.3. The molecule has 3 aromatic rings. The van der Waals surface area contributed by atoms with Gasteiger partial charge in [0.25, 0.3) is 0 Å². The van der Waals surface area contributed by atoms with Crippen LogP contribution in [0.4, 0.5) is 10.5 Å². The van der Waals surface area contributed by atoms with E-state index in [0.29, 0.717) is 10.8 Å². The number of ether oxygens (including phenoxy) is 2. The zero-order valence-electron chi connectivity index (χ0n) is 16.5. The lowest BCUT2D eigenvalue weighted by Gasteiger charge is -2.37.